The zero-order valence-corrected chi connectivity index (χ0v) is 11.9. The Balaban J connectivity index is 2.17. The van der Waals surface area contributed by atoms with E-state index in [1.165, 1.54) is 0 Å². The van der Waals surface area contributed by atoms with Crippen molar-refractivity contribution >= 4 is 23.2 Å². The Hall–Kier alpha value is -1.22. The number of ether oxygens (including phenoxy) is 1. The quantitative estimate of drug-likeness (QED) is 0.891. The molecule has 0 amide bonds. The SMILES string of the molecule is CC(O)c1ccccc1OCc1cc(Cl)ccc1Cl. The molecule has 100 valence electrons. The maximum Gasteiger partial charge on any atom is 0.125 e. The van der Waals surface area contributed by atoms with Crippen molar-refractivity contribution in [3.8, 4) is 5.75 Å². The van der Waals surface area contributed by atoms with Crippen molar-refractivity contribution in [2.45, 2.75) is 19.6 Å². The minimum atomic E-state index is -0.578. The predicted molar refractivity (Wildman–Crippen MR) is 77.9 cm³/mol. The monoisotopic (exact) mass is 296 g/mol. The molecule has 19 heavy (non-hydrogen) atoms. The highest BCUT2D eigenvalue weighted by Gasteiger charge is 2.09. The van der Waals surface area contributed by atoms with E-state index in [1.807, 2.05) is 24.3 Å². The first-order chi connectivity index (χ1) is 9.08. The van der Waals surface area contributed by atoms with Crippen molar-refractivity contribution in [2.24, 2.45) is 0 Å². The molecule has 0 heterocycles. The third-order valence-electron chi connectivity index (χ3n) is 2.76. The van der Waals surface area contributed by atoms with E-state index in [9.17, 15) is 5.11 Å². The molecule has 0 spiro atoms. The van der Waals surface area contributed by atoms with Crippen molar-refractivity contribution in [1.82, 2.24) is 0 Å². The molecule has 0 aliphatic rings. The average Bonchev–Trinajstić information content (AvgIpc) is 2.40. The van der Waals surface area contributed by atoms with Crippen LogP contribution in [-0.4, -0.2) is 5.11 Å². The molecule has 0 radical (unpaired) electrons. The molecular weight excluding hydrogens is 283 g/mol. The van der Waals surface area contributed by atoms with Gasteiger partial charge in [0, 0.05) is 21.2 Å². The predicted octanol–water partition coefficient (Wildman–Crippen LogP) is 4.63. The number of aliphatic hydroxyl groups excluding tert-OH is 1. The molecule has 2 nitrogen and oxygen atoms in total. The number of hydrogen-bond acceptors (Lipinski definition) is 2. The van der Waals surface area contributed by atoms with Gasteiger partial charge in [-0.05, 0) is 31.2 Å². The fourth-order valence-electron chi connectivity index (χ4n) is 1.77. The van der Waals surface area contributed by atoms with Crippen LogP contribution in [0.15, 0.2) is 42.5 Å². The molecule has 0 saturated carbocycles. The minimum absolute atomic E-state index is 0.309. The summed E-state index contributed by atoms with van der Waals surface area (Å²) in [6.45, 7) is 2.01. The lowest BCUT2D eigenvalue weighted by Crippen LogP contribution is -2.01. The second-order valence-corrected chi connectivity index (χ2v) is 5.08. The number of rotatable bonds is 4. The van der Waals surface area contributed by atoms with E-state index in [0.29, 0.717) is 22.4 Å². The molecule has 0 aliphatic carbocycles. The Morgan fingerprint density at radius 2 is 1.89 bits per heavy atom. The van der Waals surface area contributed by atoms with Crippen LogP contribution in [0.5, 0.6) is 5.75 Å². The van der Waals surface area contributed by atoms with Crippen molar-refractivity contribution in [3.63, 3.8) is 0 Å². The zero-order valence-electron chi connectivity index (χ0n) is 10.4. The first kappa shape index (κ1) is 14.2. The van der Waals surface area contributed by atoms with Crippen molar-refractivity contribution in [3.05, 3.63) is 63.6 Å². The number of halogens is 2. The van der Waals surface area contributed by atoms with Crippen LogP contribution in [0, 0.1) is 0 Å². The molecular formula is C15H14Cl2O2. The Kier molecular flexibility index (Phi) is 4.70. The maximum absolute atomic E-state index is 9.67. The summed E-state index contributed by atoms with van der Waals surface area (Å²) in [5.41, 5.74) is 1.57. The van der Waals surface area contributed by atoms with E-state index in [-0.39, 0.29) is 0 Å². The first-order valence-corrected chi connectivity index (χ1v) is 6.67. The van der Waals surface area contributed by atoms with E-state index >= 15 is 0 Å². The van der Waals surface area contributed by atoms with Gasteiger partial charge in [-0.15, -0.1) is 0 Å². The Morgan fingerprint density at radius 1 is 1.16 bits per heavy atom. The molecule has 1 unspecified atom stereocenters. The lowest BCUT2D eigenvalue weighted by molar-refractivity contribution is 0.190. The molecule has 0 aliphatic heterocycles. The Bertz CT molecular complexity index is 568. The fraction of sp³-hybridized carbons (Fsp3) is 0.200. The zero-order chi connectivity index (χ0) is 13.8. The second-order valence-electron chi connectivity index (χ2n) is 4.24. The van der Waals surface area contributed by atoms with Gasteiger partial charge in [0.2, 0.25) is 0 Å². The van der Waals surface area contributed by atoms with Crippen LogP contribution in [-0.2, 0) is 6.61 Å². The van der Waals surface area contributed by atoms with E-state index < -0.39 is 6.10 Å². The summed E-state index contributed by atoms with van der Waals surface area (Å²) in [6, 6.07) is 12.6. The summed E-state index contributed by atoms with van der Waals surface area (Å²) < 4.78 is 5.72. The van der Waals surface area contributed by atoms with Gasteiger partial charge in [-0.3, -0.25) is 0 Å². The van der Waals surface area contributed by atoms with E-state index in [1.54, 1.807) is 25.1 Å². The number of benzene rings is 2. The third kappa shape index (κ3) is 3.63. The normalized spacial score (nSPS) is 12.2. The van der Waals surface area contributed by atoms with E-state index in [0.717, 1.165) is 11.1 Å². The highest BCUT2D eigenvalue weighted by atomic mass is 35.5. The molecule has 1 N–H and O–H groups in total. The van der Waals surface area contributed by atoms with Gasteiger partial charge < -0.3 is 9.84 Å². The minimum Gasteiger partial charge on any atom is -0.488 e. The third-order valence-corrected chi connectivity index (χ3v) is 3.36. The lowest BCUT2D eigenvalue weighted by Gasteiger charge is -2.14. The molecule has 2 aromatic rings. The van der Waals surface area contributed by atoms with Gasteiger partial charge in [-0.25, -0.2) is 0 Å². The molecule has 1 atom stereocenters. The smallest absolute Gasteiger partial charge is 0.125 e. The highest BCUT2D eigenvalue weighted by molar-refractivity contribution is 6.33. The summed E-state index contributed by atoms with van der Waals surface area (Å²) >= 11 is 12.0. The van der Waals surface area contributed by atoms with Crippen LogP contribution in [0.1, 0.15) is 24.2 Å². The molecule has 4 heteroatoms. The number of para-hydroxylation sites is 1. The Morgan fingerprint density at radius 3 is 2.63 bits per heavy atom. The van der Waals surface area contributed by atoms with Gasteiger partial charge in [-0.1, -0.05) is 41.4 Å². The largest absolute Gasteiger partial charge is 0.488 e. The maximum atomic E-state index is 9.67. The fourth-order valence-corrected chi connectivity index (χ4v) is 2.13. The molecule has 0 aromatic heterocycles. The van der Waals surface area contributed by atoms with Crippen LogP contribution in [0.4, 0.5) is 0 Å². The van der Waals surface area contributed by atoms with Crippen LogP contribution in [0.3, 0.4) is 0 Å². The Labute approximate surface area is 122 Å². The molecule has 0 fully saturated rings. The summed E-state index contributed by atoms with van der Waals surface area (Å²) in [6.07, 6.45) is -0.578. The molecule has 0 saturated heterocycles. The number of hydrogen-bond donors (Lipinski definition) is 1. The van der Waals surface area contributed by atoms with Crippen LogP contribution >= 0.6 is 23.2 Å². The summed E-state index contributed by atoms with van der Waals surface area (Å²) in [7, 11) is 0. The van der Waals surface area contributed by atoms with Gasteiger partial charge >= 0.3 is 0 Å². The first-order valence-electron chi connectivity index (χ1n) is 5.91. The van der Waals surface area contributed by atoms with Crippen molar-refractivity contribution in [2.75, 3.05) is 0 Å². The molecule has 2 aromatic carbocycles. The van der Waals surface area contributed by atoms with Crippen LogP contribution < -0.4 is 4.74 Å². The van der Waals surface area contributed by atoms with Crippen molar-refractivity contribution < 1.29 is 9.84 Å². The summed E-state index contributed by atoms with van der Waals surface area (Å²) in [4.78, 5) is 0. The highest BCUT2D eigenvalue weighted by Crippen LogP contribution is 2.27. The summed E-state index contributed by atoms with van der Waals surface area (Å²) in [5.74, 6) is 0.647. The van der Waals surface area contributed by atoms with Crippen LogP contribution in [0.2, 0.25) is 10.0 Å². The van der Waals surface area contributed by atoms with Crippen molar-refractivity contribution in [1.29, 1.82) is 0 Å². The van der Waals surface area contributed by atoms with Gasteiger partial charge in [-0.2, -0.15) is 0 Å². The topological polar surface area (TPSA) is 29.5 Å². The number of aliphatic hydroxyl groups is 1. The average molecular weight is 297 g/mol. The lowest BCUT2D eigenvalue weighted by atomic mass is 10.1. The molecule has 0 bridgehead atoms. The molecule has 2 rings (SSSR count). The second kappa shape index (κ2) is 6.29. The van der Waals surface area contributed by atoms with Gasteiger partial charge in [0.15, 0.2) is 0 Å². The van der Waals surface area contributed by atoms with Crippen LogP contribution in [0.25, 0.3) is 0 Å². The van der Waals surface area contributed by atoms with Gasteiger partial charge in [0.25, 0.3) is 0 Å². The standard InChI is InChI=1S/C15H14Cl2O2/c1-10(18)13-4-2-3-5-15(13)19-9-11-8-12(16)6-7-14(11)17/h2-8,10,18H,9H2,1H3. The van der Waals surface area contributed by atoms with E-state index in [2.05, 4.69) is 0 Å². The van der Waals surface area contributed by atoms with E-state index in [4.69, 9.17) is 27.9 Å². The summed E-state index contributed by atoms with van der Waals surface area (Å²) in [5, 5.41) is 10.9. The van der Waals surface area contributed by atoms with Gasteiger partial charge in [0.05, 0.1) is 6.10 Å². The van der Waals surface area contributed by atoms with Gasteiger partial charge in [0.1, 0.15) is 12.4 Å².